The van der Waals surface area contributed by atoms with Gasteiger partial charge in [-0.2, -0.15) is 0 Å². The predicted molar refractivity (Wildman–Crippen MR) is 64.4 cm³/mol. The first-order chi connectivity index (χ1) is 7.31. The van der Waals surface area contributed by atoms with Crippen LogP contribution in [0.3, 0.4) is 0 Å². The van der Waals surface area contributed by atoms with E-state index in [9.17, 15) is 4.79 Å². The number of carbonyl (C=O) groups is 1. The second-order valence-electron chi connectivity index (χ2n) is 5.92. The molecule has 0 aromatic rings. The van der Waals surface area contributed by atoms with Gasteiger partial charge < -0.3 is 15.4 Å². The summed E-state index contributed by atoms with van der Waals surface area (Å²) in [7, 11) is 0. The third kappa shape index (κ3) is 4.84. The van der Waals surface area contributed by atoms with Crippen LogP contribution in [0.5, 0.6) is 0 Å². The molecule has 0 saturated carbocycles. The fourth-order valence-electron chi connectivity index (χ4n) is 1.81. The third-order valence-electron chi connectivity index (χ3n) is 2.87. The van der Waals surface area contributed by atoms with Crippen molar-refractivity contribution >= 4 is 6.09 Å². The third-order valence-corrected chi connectivity index (χ3v) is 2.87. The molecule has 1 aliphatic heterocycles. The highest BCUT2D eigenvalue weighted by Crippen LogP contribution is 2.26. The number of piperidine rings is 1. The van der Waals surface area contributed by atoms with E-state index in [0.717, 1.165) is 25.9 Å². The molecular formula is C12H24N2O2. The largest absolute Gasteiger partial charge is 0.444 e. The van der Waals surface area contributed by atoms with Crippen molar-refractivity contribution < 1.29 is 9.53 Å². The van der Waals surface area contributed by atoms with Gasteiger partial charge in [0.1, 0.15) is 5.60 Å². The summed E-state index contributed by atoms with van der Waals surface area (Å²) >= 11 is 0. The molecule has 1 aliphatic rings. The molecule has 16 heavy (non-hydrogen) atoms. The van der Waals surface area contributed by atoms with Crippen LogP contribution in [-0.4, -0.2) is 31.3 Å². The predicted octanol–water partition coefficient (Wildman–Crippen LogP) is 1.90. The van der Waals surface area contributed by atoms with Crippen molar-refractivity contribution in [3.05, 3.63) is 0 Å². The van der Waals surface area contributed by atoms with E-state index >= 15 is 0 Å². The zero-order valence-corrected chi connectivity index (χ0v) is 10.9. The first-order valence-electron chi connectivity index (χ1n) is 5.98. The zero-order chi connectivity index (χ0) is 12.2. The Labute approximate surface area is 98.1 Å². The summed E-state index contributed by atoms with van der Waals surface area (Å²) in [5.41, 5.74) is -0.207. The number of alkyl carbamates (subject to hydrolysis) is 1. The molecule has 1 heterocycles. The van der Waals surface area contributed by atoms with Crippen molar-refractivity contribution in [2.24, 2.45) is 5.41 Å². The van der Waals surface area contributed by atoms with E-state index < -0.39 is 5.60 Å². The zero-order valence-electron chi connectivity index (χ0n) is 10.9. The molecular weight excluding hydrogens is 204 g/mol. The summed E-state index contributed by atoms with van der Waals surface area (Å²) in [5.74, 6) is 0. The summed E-state index contributed by atoms with van der Waals surface area (Å²) in [5, 5.41) is 6.18. The van der Waals surface area contributed by atoms with Crippen LogP contribution in [0.2, 0.25) is 0 Å². The summed E-state index contributed by atoms with van der Waals surface area (Å²) in [6, 6.07) is 0. The number of nitrogens with one attached hydrogen (secondary N) is 2. The number of hydrogen-bond acceptors (Lipinski definition) is 3. The number of ether oxygens (including phenoxy) is 1. The molecule has 94 valence electrons. The molecule has 0 radical (unpaired) electrons. The molecule has 4 heteroatoms. The van der Waals surface area contributed by atoms with Crippen molar-refractivity contribution in [3.63, 3.8) is 0 Å². The fraction of sp³-hybridized carbons (Fsp3) is 0.917. The van der Waals surface area contributed by atoms with Crippen LogP contribution in [0.1, 0.15) is 40.5 Å². The van der Waals surface area contributed by atoms with Crippen molar-refractivity contribution in [3.8, 4) is 0 Å². The van der Waals surface area contributed by atoms with E-state index in [1.165, 1.54) is 0 Å². The van der Waals surface area contributed by atoms with Gasteiger partial charge in [-0.25, -0.2) is 4.79 Å². The number of carbonyl (C=O) groups excluding carboxylic acids is 1. The maximum Gasteiger partial charge on any atom is 0.407 e. The van der Waals surface area contributed by atoms with E-state index in [4.69, 9.17) is 4.74 Å². The lowest BCUT2D eigenvalue weighted by Gasteiger charge is -2.34. The van der Waals surface area contributed by atoms with Crippen LogP contribution in [0, 0.1) is 5.41 Å². The van der Waals surface area contributed by atoms with Gasteiger partial charge in [0.25, 0.3) is 0 Å². The van der Waals surface area contributed by atoms with Gasteiger partial charge in [-0.3, -0.25) is 0 Å². The Morgan fingerprint density at radius 1 is 1.38 bits per heavy atom. The second-order valence-corrected chi connectivity index (χ2v) is 5.92. The van der Waals surface area contributed by atoms with Crippen LogP contribution in [0.15, 0.2) is 0 Å². The molecule has 0 atom stereocenters. The van der Waals surface area contributed by atoms with Gasteiger partial charge in [0, 0.05) is 6.54 Å². The molecule has 1 amide bonds. The standard InChI is InChI=1S/C12H24N2O2/c1-11(2,3)16-10(15)14-9-12(4)5-7-13-8-6-12/h13H,5-9H2,1-4H3,(H,14,15). The minimum absolute atomic E-state index is 0.210. The molecule has 2 N–H and O–H groups in total. The Hall–Kier alpha value is -0.770. The Morgan fingerprint density at radius 3 is 2.44 bits per heavy atom. The summed E-state index contributed by atoms with van der Waals surface area (Å²) in [6.07, 6.45) is 1.89. The summed E-state index contributed by atoms with van der Waals surface area (Å²) in [6.45, 7) is 10.6. The highest BCUT2D eigenvalue weighted by molar-refractivity contribution is 5.67. The number of rotatable bonds is 2. The quantitative estimate of drug-likeness (QED) is 0.759. The molecule has 0 aliphatic carbocycles. The highest BCUT2D eigenvalue weighted by atomic mass is 16.6. The van der Waals surface area contributed by atoms with Crippen LogP contribution in [-0.2, 0) is 4.74 Å². The topological polar surface area (TPSA) is 50.4 Å². The lowest BCUT2D eigenvalue weighted by atomic mass is 9.81. The first-order valence-corrected chi connectivity index (χ1v) is 5.98. The molecule has 0 aromatic heterocycles. The van der Waals surface area contributed by atoms with Gasteiger partial charge in [-0.05, 0) is 52.1 Å². The van der Waals surface area contributed by atoms with Gasteiger partial charge in [-0.15, -0.1) is 0 Å². The van der Waals surface area contributed by atoms with Gasteiger partial charge in [0.2, 0.25) is 0 Å². The van der Waals surface area contributed by atoms with Crippen molar-refractivity contribution in [2.45, 2.75) is 46.1 Å². The van der Waals surface area contributed by atoms with Crippen molar-refractivity contribution in [1.82, 2.24) is 10.6 Å². The lowest BCUT2D eigenvalue weighted by Crippen LogP contribution is -2.44. The van der Waals surface area contributed by atoms with Gasteiger partial charge >= 0.3 is 6.09 Å². The summed E-state index contributed by atoms with van der Waals surface area (Å²) in [4.78, 5) is 11.5. The number of hydrogen-bond donors (Lipinski definition) is 2. The normalized spacial score (nSPS) is 20.2. The van der Waals surface area contributed by atoms with E-state index in [2.05, 4.69) is 17.6 Å². The van der Waals surface area contributed by atoms with Crippen LogP contribution < -0.4 is 10.6 Å². The Morgan fingerprint density at radius 2 is 1.94 bits per heavy atom. The maximum absolute atomic E-state index is 11.5. The van der Waals surface area contributed by atoms with E-state index in [1.54, 1.807) is 0 Å². The molecule has 1 saturated heterocycles. The first kappa shape index (κ1) is 13.3. The molecule has 1 rings (SSSR count). The van der Waals surface area contributed by atoms with Gasteiger partial charge in [0.15, 0.2) is 0 Å². The van der Waals surface area contributed by atoms with Crippen LogP contribution in [0.25, 0.3) is 0 Å². The average molecular weight is 228 g/mol. The van der Waals surface area contributed by atoms with Gasteiger partial charge in [-0.1, -0.05) is 6.92 Å². The van der Waals surface area contributed by atoms with E-state index in [1.807, 2.05) is 20.8 Å². The van der Waals surface area contributed by atoms with Crippen LogP contribution in [0.4, 0.5) is 4.79 Å². The van der Waals surface area contributed by atoms with Crippen molar-refractivity contribution in [2.75, 3.05) is 19.6 Å². The molecule has 0 unspecified atom stereocenters. The maximum atomic E-state index is 11.5. The Bertz CT molecular complexity index is 240. The minimum Gasteiger partial charge on any atom is -0.444 e. The van der Waals surface area contributed by atoms with E-state index in [-0.39, 0.29) is 11.5 Å². The Kier molecular flexibility index (Phi) is 4.19. The minimum atomic E-state index is -0.418. The lowest BCUT2D eigenvalue weighted by molar-refractivity contribution is 0.0493. The molecule has 1 fully saturated rings. The second kappa shape index (κ2) is 5.04. The fourth-order valence-corrected chi connectivity index (χ4v) is 1.81. The molecule has 0 aromatic carbocycles. The van der Waals surface area contributed by atoms with Crippen LogP contribution >= 0.6 is 0 Å². The van der Waals surface area contributed by atoms with Gasteiger partial charge in [0.05, 0.1) is 0 Å². The van der Waals surface area contributed by atoms with E-state index in [0.29, 0.717) is 6.54 Å². The SMILES string of the molecule is CC1(CNC(=O)OC(C)(C)C)CCNCC1. The average Bonchev–Trinajstić information content (AvgIpc) is 2.14. The monoisotopic (exact) mass is 228 g/mol. The number of amides is 1. The molecule has 0 bridgehead atoms. The molecule has 4 nitrogen and oxygen atoms in total. The molecule has 0 spiro atoms. The Balaban J connectivity index is 2.30. The smallest absolute Gasteiger partial charge is 0.407 e. The van der Waals surface area contributed by atoms with Crippen molar-refractivity contribution in [1.29, 1.82) is 0 Å². The summed E-state index contributed by atoms with van der Waals surface area (Å²) < 4.78 is 5.21. The highest BCUT2D eigenvalue weighted by Gasteiger charge is 2.27.